The topological polar surface area (TPSA) is 45.9 Å². The minimum Gasteiger partial charge on any atom is -0.477 e. The first kappa shape index (κ1) is 18.7. The Kier molecular flexibility index (Phi) is 5.83. The standard InChI is InChI=1S/C20H13BrCl2N2O/c1-2-26-20-17(11-24)16(15-8-7-14(22)9-18(15)23)10-19(25-20)12-3-5-13(21)6-4-12/h3-10H,2H2,1H3. The number of halogens is 3. The van der Waals surface area contributed by atoms with E-state index in [9.17, 15) is 5.26 Å². The van der Waals surface area contributed by atoms with Gasteiger partial charge in [0.2, 0.25) is 5.88 Å². The van der Waals surface area contributed by atoms with Crippen LogP contribution in [-0.2, 0) is 0 Å². The molecule has 0 unspecified atom stereocenters. The van der Waals surface area contributed by atoms with Crippen molar-refractivity contribution in [2.24, 2.45) is 0 Å². The first-order chi connectivity index (χ1) is 12.5. The van der Waals surface area contributed by atoms with E-state index in [1.165, 1.54) is 0 Å². The molecule has 1 heterocycles. The van der Waals surface area contributed by atoms with Gasteiger partial charge >= 0.3 is 0 Å². The predicted octanol–water partition coefficient (Wildman–Crippen LogP) is 6.76. The smallest absolute Gasteiger partial charge is 0.232 e. The van der Waals surface area contributed by atoms with Crippen LogP contribution in [0.5, 0.6) is 5.88 Å². The number of ether oxygens (including phenoxy) is 1. The Morgan fingerprint density at radius 1 is 1.08 bits per heavy atom. The molecule has 0 radical (unpaired) electrons. The van der Waals surface area contributed by atoms with Gasteiger partial charge in [0, 0.05) is 31.2 Å². The first-order valence-corrected chi connectivity index (χ1v) is 9.37. The van der Waals surface area contributed by atoms with E-state index < -0.39 is 0 Å². The zero-order valence-corrected chi connectivity index (χ0v) is 16.9. The first-order valence-electron chi connectivity index (χ1n) is 7.82. The van der Waals surface area contributed by atoms with Crippen LogP contribution in [0, 0.1) is 11.3 Å². The average molecular weight is 448 g/mol. The van der Waals surface area contributed by atoms with Crippen LogP contribution in [0.25, 0.3) is 22.4 Å². The molecule has 3 rings (SSSR count). The number of nitriles is 1. The van der Waals surface area contributed by atoms with Crippen molar-refractivity contribution in [3.05, 3.63) is 68.6 Å². The van der Waals surface area contributed by atoms with Gasteiger partial charge in [0.15, 0.2) is 0 Å². The molecule has 3 aromatic rings. The van der Waals surface area contributed by atoms with Gasteiger partial charge in [0.25, 0.3) is 0 Å². The van der Waals surface area contributed by atoms with Crippen LogP contribution in [0.15, 0.2) is 53.0 Å². The van der Waals surface area contributed by atoms with Gasteiger partial charge in [-0.25, -0.2) is 4.98 Å². The van der Waals surface area contributed by atoms with Gasteiger partial charge in [0.1, 0.15) is 11.6 Å². The summed E-state index contributed by atoms with van der Waals surface area (Å²) in [5.74, 6) is 0.288. The van der Waals surface area contributed by atoms with Crippen molar-refractivity contribution in [2.45, 2.75) is 6.92 Å². The Morgan fingerprint density at radius 3 is 2.42 bits per heavy atom. The van der Waals surface area contributed by atoms with Crippen LogP contribution < -0.4 is 4.74 Å². The molecule has 0 saturated heterocycles. The van der Waals surface area contributed by atoms with E-state index in [0.29, 0.717) is 39.0 Å². The van der Waals surface area contributed by atoms with Crippen molar-refractivity contribution in [2.75, 3.05) is 6.61 Å². The highest BCUT2D eigenvalue weighted by Gasteiger charge is 2.18. The molecule has 130 valence electrons. The number of pyridine rings is 1. The molecule has 0 aliphatic rings. The molecule has 3 nitrogen and oxygen atoms in total. The van der Waals surface area contributed by atoms with Crippen molar-refractivity contribution in [1.82, 2.24) is 4.98 Å². The SMILES string of the molecule is CCOc1nc(-c2ccc(Br)cc2)cc(-c2ccc(Cl)cc2Cl)c1C#N. The highest BCUT2D eigenvalue weighted by atomic mass is 79.9. The molecule has 0 spiro atoms. The van der Waals surface area contributed by atoms with Crippen molar-refractivity contribution >= 4 is 39.1 Å². The number of hydrogen-bond acceptors (Lipinski definition) is 3. The Bertz CT molecular complexity index is 998. The van der Waals surface area contributed by atoms with E-state index in [-0.39, 0.29) is 5.88 Å². The third kappa shape index (κ3) is 3.86. The second kappa shape index (κ2) is 8.09. The van der Waals surface area contributed by atoms with Gasteiger partial charge in [-0.1, -0.05) is 57.3 Å². The summed E-state index contributed by atoms with van der Waals surface area (Å²) in [6.07, 6.45) is 0. The molecule has 6 heteroatoms. The van der Waals surface area contributed by atoms with E-state index in [0.717, 1.165) is 10.0 Å². The lowest BCUT2D eigenvalue weighted by molar-refractivity contribution is 0.326. The molecule has 0 N–H and O–H groups in total. The zero-order chi connectivity index (χ0) is 18.7. The van der Waals surface area contributed by atoms with Gasteiger partial charge < -0.3 is 4.74 Å². The molecule has 0 aliphatic carbocycles. The third-order valence-corrected chi connectivity index (χ3v) is 4.82. The maximum Gasteiger partial charge on any atom is 0.232 e. The van der Waals surface area contributed by atoms with Crippen LogP contribution in [0.4, 0.5) is 0 Å². The van der Waals surface area contributed by atoms with E-state index in [1.807, 2.05) is 37.3 Å². The third-order valence-electron chi connectivity index (χ3n) is 3.74. The van der Waals surface area contributed by atoms with E-state index >= 15 is 0 Å². The van der Waals surface area contributed by atoms with Crippen LogP contribution in [-0.4, -0.2) is 11.6 Å². The van der Waals surface area contributed by atoms with Gasteiger partial charge in [-0.3, -0.25) is 0 Å². The number of benzene rings is 2. The molecule has 26 heavy (non-hydrogen) atoms. The summed E-state index contributed by atoms with van der Waals surface area (Å²) < 4.78 is 6.60. The molecule has 0 fully saturated rings. The van der Waals surface area contributed by atoms with Crippen LogP contribution in [0.3, 0.4) is 0 Å². The lowest BCUT2D eigenvalue weighted by Crippen LogP contribution is -2.01. The maximum atomic E-state index is 9.69. The predicted molar refractivity (Wildman–Crippen MR) is 109 cm³/mol. The fraction of sp³-hybridized carbons (Fsp3) is 0.100. The van der Waals surface area contributed by atoms with E-state index in [4.69, 9.17) is 27.9 Å². The molecule has 0 saturated carbocycles. The van der Waals surface area contributed by atoms with E-state index in [2.05, 4.69) is 27.0 Å². The number of nitrogens with zero attached hydrogens (tertiary/aromatic N) is 2. The summed E-state index contributed by atoms with van der Waals surface area (Å²) >= 11 is 15.8. The summed E-state index contributed by atoms with van der Waals surface area (Å²) in [4.78, 5) is 4.54. The monoisotopic (exact) mass is 446 g/mol. The van der Waals surface area contributed by atoms with Crippen LogP contribution in [0.1, 0.15) is 12.5 Å². The molecule has 2 aromatic carbocycles. The number of aromatic nitrogens is 1. The molecule has 0 aliphatic heterocycles. The van der Waals surface area contributed by atoms with Crippen molar-refractivity contribution in [3.63, 3.8) is 0 Å². The van der Waals surface area contributed by atoms with Gasteiger partial charge in [-0.15, -0.1) is 0 Å². The molecule has 0 atom stereocenters. The quantitative estimate of drug-likeness (QED) is 0.444. The largest absolute Gasteiger partial charge is 0.477 e. The van der Waals surface area contributed by atoms with Gasteiger partial charge in [0.05, 0.1) is 12.3 Å². The van der Waals surface area contributed by atoms with Crippen molar-refractivity contribution < 1.29 is 4.74 Å². The fourth-order valence-corrected chi connectivity index (χ4v) is 3.33. The van der Waals surface area contributed by atoms with E-state index in [1.54, 1.807) is 18.2 Å². The maximum absolute atomic E-state index is 9.69. The Balaban J connectivity index is 2.27. The highest BCUT2D eigenvalue weighted by Crippen LogP contribution is 2.37. The molecular formula is C20H13BrCl2N2O. The van der Waals surface area contributed by atoms with Crippen molar-refractivity contribution in [1.29, 1.82) is 5.26 Å². The van der Waals surface area contributed by atoms with Crippen molar-refractivity contribution in [3.8, 4) is 34.3 Å². The number of hydrogen-bond donors (Lipinski definition) is 0. The summed E-state index contributed by atoms with van der Waals surface area (Å²) in [5, 5.41) is 10.7. The Hall–Kier alpha value is -2.06. The summed E-state index contributed by atoms with van der Waals surface area (Å²) in [5.41, 5.74) is 3.31. The van der Waals surface area contributed by atoms with Gasteiger partial charge in [-0.2, -0.15) is 5.26 Å². The normalized spacial score (nSPS) is 10.4. The van der Waals surface area contributed by atoms with Gasteiger partial charge in [-0.05, 0) is 37.3 Å². The average Bonchev–Trinajstić information content (AvgIpc) is 2.62. The second-order valence-corrected chi connectivity index (χ2v) is 7.17. The molecule has 0 bridgehead atoms. The summed E-state index contributed by atoms with van der Waals surface area (Å²) in [6.45, 7) is 2.25. The van der Waals surface area contributed by atoms with Crippen LogP contribution >= 0.6 is 39.1 Å². The highest BCUT2D eigenvalue weighted by molar-refractivity contribution is 9.10. The zero-order valence-electron chi connectivity index (χ0n) is 13.8. The minimum absolute atomic E-state index is 0.288. The van der Waals surface area contributed by atoms with Crippen LogP contribution in [0.2, 0.25) is 10.0 Å². The minimum atomic E-state index is 0.288. The Morgan fingerprint density at radius 2 is 1.81 bits per heavy atom. The molecule has 0 amide bonds. The second-order valence-electron chi connectivity index (χ2n) is 5.41. The number of rotatable bonds is 4. The summed E-state index contributed by atoms with van der Waals surface area (Å²) in [7, 11) is 0. The lowest BCUT2D eigenvalue weighted by Gasteiger charge is -2.14. The fourth-order valence-electron chi connectivity index (χ4n) is 2.56. The summed E-state index contributed by atoms with van der Waals surface area (Å²) in [6, 6.07) is 17.0. The lowest BCUT2D eigenvalue weighted by atomic mass is 9.98. The Labute approximate surface area is 170 Å². The molecular weight excluding hydrogens is 435 g/mol. The molecule has 1 aromatic heterocycles.